The Morgan fingerprint density at radius 2 is 0.905 bits per heavy atom. The molecule has 9 aliphatic carbocycles. The van der Waals surface area contributed by atoms with Gasteiger partial charge in [-0.05, 0) is 145 Å². The second-order valence-corrected chi connectivity index (χ2v) is 30.4. The molecule has 10 bridgehead atoms. The van der Waals surface area contributed by atoms with Crippen LogP contribution in [0, 0.1) is 103 Å². The van der Waals surface area contributed by atoms with Crippen LogP contribution in [-0.2, 0) is 110 Å². The van der Waals surface area contributed by atoms with Gasteiger partial charge < -0.3 is 56.8 Å². The number of hydrogen-bond acceptors (Lipinski definition) is 24. The predicted octanol–water partition coefficient (Wildman–Crippen LogP) is 7.92. The molecular weight excluding hydrogens is 1260 g/mol. The van der Waals surface area contributed by atoms with Crippen LogP contribution < -0.4 is 0 Å². The first-order chi connectivity index (χ1) is 44.5. The fourth-order valence-corrected chi connectivity index (χ4v) is 15.9. The lowest BCUT2D eigenvalue weighted by atomic mass is 9.63. The van der Waals surface area contributed by atoms with Crippen molar-refractivity contribution in [1.82, 2.24) is 0 Å². The Balaban J connectivity index is 0.000000149. The Bertz CT molecular complexity index is 3060. The topological polar surface area (TPSA) is 322 Å². The second kappa shape index (κ2) is 27.4. The van der Waals surface area contributed by atoms with Crippen molar-refractivity contribution in [1.29, 1.82) is 5.26 Å². The lowest BCUT2D eigenvalue weighted by molar-refractivity contribution is -0.231. The molecule has 0 aromatic heterocycles. The minimum Gasteiger partial charge on any atom is -0.465 e. The average molecular weight is 1350 g/mol. The van der Waals surface area contributed by atoms with Gasteiger partial charge in [0, 0.05) is 47.8 Å². The van der Waals surface area contributed by atoms with Crippen molar-refractivity contribution < 1.29 is 123 Å². The summed E-state index contributed by atoms with van der Waals surface area (Å²) in [7, 11) is 0. The molecule has 27 heteroatoms. The molecule has 9 saturated carbocycles. The van der Waals surface area contributed by atoms with Gasteiger partial charge in [-0.25, -0.2) is 14.4 Å². The zero-order valence-electron chi connectivity index (χ0n) is 56.3. The highest BCUT2D eigenvalue weighted by Gasteiger charge is 2.81. The van der Waals surface area contributed by atoms with Crippen molar-refractivity contribution in [2.45, 2.75) is 228 Å². The normalized spacial score (nSPS) is 35.6. The van der Waals surface area contributed by atoms with Crippen LogP contribution in [0.3, 0.4) is 0 Å². The third kappa shape index (κ3) is 13.7. The SMILES string of the molecule is CCC(C)(C)C(=O)OCC(=O)OC1C2CC3C1OC(=O)C3(C#N)C2.CCC(C)(C)C(=O)OCC(=O)OC1C2CC3C1OC(=O)C3(C(F)(F)F)C2.CCC(C)(C)C(=O)OCC(=O)OC1C2CCC3C(C2)C(=O)OC31.CCC(C)(C)C(=O)OCCCOC1C2CC3C(=O)OC1C3C2. The minimum absolute atomic E-state index is 0.0168. The number of alkyl halides is 3. The highest BCUT2D eigenvalue weighted by molar-refractivity contribution is 5.86. The van der Waals surface area contributed by atoms with Gasteiger partial charge in [-0.1, -0.05) is 27.7 Å². The number of nitriles is 1. The van der Waals surface area contributed by atoms with Crippen LogP contribution in [0.2, 0.25) is 0 Å². The monoisotopic (exact) mass is 1350 g/mol. The number of halogens is 3. The van der Waals surface area contributed by atoms with Crippen LogP contribution in [0.1, 0.15) is 173 Å². The van der Waals surface area contributed by atoms with Crippen molar-refractivity contribution in [3.63, 3.8) is 0 Å². The Morgan fingerprint density at radius 3 is 1.39 bits per heavy atom. The first-order valence-corrected chi connectivity index (χ1v) is 33.7. The maximum atomic E-state index is 13.4. The van der Waals surface area contributed by atoms with Gasteiger partial charge in [0.2, 0.25) is 0 Å². The first kappa shape index (κ1) is 72.7. The zero-order chi connectivity index (χ0) is 69.9. The molecule has 20 atom stereocenters. The molecule has 0 radical (unpaired) electrons. The van der Waals surface area contributed by atoms with E-state index in [0.717, 1.165) is 38.5 Å². The molecule has 0 spiro atoms. The molecule has 4 saturated heterocycles. The van der Waals surface area contributed by atoms with E-state index in [1.54, 1.807) is 48.5 Å². The van der Waals surface area contributed by atoms with E-state index in [9.17, 15) is 71.2 Å². The summed E-state index contributed by atoms with van der Waals surface area (Å²) in [5, 5.41) is 9.33. The van der Waals surface area contributed by atoms with Crippen molar-refractivity contribution >= 4 is 65.7 Å². The van der Waals surface area contributed by atoms with Crippen LogP contribution in [0.25, 0.3) is 0 Å². The zero-order valence-corrected chi connectivity index (χ0v) is 56.3. The molecule has 0 N–H and O–H groups in total. The number of hydrogen-bond donors (Lipinski definition) is 0. The number of esters is 11. The number of fused-ring (bicyclic) bond motifs is 4. The summed E-state index contributed by atoms with van der Waals surface area (Å²) in [6.07, 6.45) is 0.0471. The van der Waals surface area contributed by atoms with Crippen molar-refractivity contribution in [3.05, 3.63) is 0 Å². The average Bonchev–Trinajstić information content (AvgIpc) is 1.52. The van der Waals surface area contributed by atoms with Crippen LogP contribution in [0.5, 0.6) is 0 Å². The van der Waals surface area contributed by atoms with E-state index in [4.69, 9.17) is 56.8 Å². The molecule has 13 aliphatic rings. The second-order valence-electron chi connectivity index (χ2n) is 30.4. The summed E-state index contributed by atoms with van der Waals surface area (Å²) in [6, 6.07) is 2.10. The van der Waals surface area contributed by atoms with Crippen molar-refractivity contribution in [2.24, 2.45) is 91.7 Å². The lowest BCUT2D eigenvalue weighted by Gasteiger charge is -2.43. The van der Waals surface area contributed by atoms with Gasteiger partial charge in [-0.15, -0.1) is 0 Å². The third-order valence-corrected chi connectivity index (χ3v) is 23.3. The summed E-state index contributed by atoms with van der Waals surface area (Å²) in [5.41, 5.74) is -5.96. The van der Waals surface area contributed by atoms with Gasteiger partial charge in [0.1, 0.15) is 42.7 Å². The lowest BCUT2D eigenvalue weighted by Crippen LogP contribution is -2.50. The fraction of sp³-hybridized carbons (Fsp3) is 0.824. The largest absolute Gasteiger partial charge is 0.465 e. The fourth-order valence-electron chi connectivity index (χ4n) is 15.9. The quantitative estimate of drug-likeness (QED) is 0.0564. The van der Waals surface area contributed by atoms with Crippen LogP contribution in [0.4, 0.5) is 13.2 Å². The maximum absolute atomic E-state index is 13.4. The molecular formula is C68H92F3NO23. The smallest absolute Gasteiger partial charge is 0.405 e. The maximum Gasteiger partial charge on any atom is 0.405 e. The van der Waals surface area contributed by atoms with Gasteiger partial charge in [-0.2, -0.15) is 18.4 Å². The Morgan fingerprint density at radius 1 is 0.484 bits per heavy atom. The van der Waals surface area contributed by atoms with E-state index >= 15 is 0 Å². The molecule has 528 valence electrons. The Labute approximate surface area is 550 Å². The van der Waals surface area contributed by atoms with E-state index < -0.39 is 142 Å². The van der Waals surface area contributed by atoms with E-state index in [1.807, 2.05) is 34.6 Å². The Hall–Kier alpha value is -6.59. The van der Waals surface area contributed by atoms with Gasteiger partial charge in [0.15, 0.2) is 30.7 Å². The summed E-state index contributed by atoms with van der Waals surface area (Å²) < 4.78 is 104. The first-order valence-electron chi connectivity index (χ1n) is 33.7. The summed E-state index contributed by atoms with van der Waals surface area (Å²) >= 11 is 0. The third-order valence-electron chi connectivity index (χ3n) is 23.3. The molecule has 0 amide bonds. The van der Waals surface area contributed by atoms with Crippen molar-refractivity contribution in [2.75, 3.05) is 33.0 Å². The highest BCUT2D eigenvalue weighted by Crippen LogP contribution is 2.68. The number of carbonyl (C=O) groups excluding carboxylic acids is 11. The summed E-state index contributed by atoms with van der Waals surface area (Å²) in [5.74, 6) is -6.20. The number of nitrogens with zero attached hydrogens (tertiary/aromatic N) is 1. The predicted molar refractivity (Wildman–Crippen MR) is 317 cm³/mol. The summed E-state index contributed by atoms with van der Waals surface area (Å²) in [6.45, 7) is 21.2. The van der Waals surface area contributed by atoms with E-state index in [0.29, 0.717) is 63.6 Å². The minimum atomic E-state index is -4.69. The van der Waals surface area contributed by atoms with Gasteiger partial charge in [0.25, 0.3) is 0 Å². The van der Waals surface area contributed by atoms with E-state index in [-0.39, 0.29) is 90.9 Å². The molecule has 0 aromatic rings. The van der Waals surface area contributed by atoms with Crippen LogP contribution in [0.15, 0.2) is 0 Å². The molecule has 4 heterocycles. The molecule has 13 fully saturated rings. The number of carbonyl (C=O) groups is 11. The van der Waals surface area contributed by atoms with Gasteiger partial charge in [-0.3, -0.25) is 38.4 Å². The summed E-state index contributed by atoms with van der Waals surface area (Å²) in [4.78, 5) is 131. The van der Waals surface area contributed by atoms with Crippen molar-refractivity contribution in [3.8, 4) is 6.07 Å². The van der Waals surface area contributed by atoms with Crippen LogP contribution >= 0.6 is 0 Å². The molecule has 13 rings (SSSR count). The molecule has 4 aliphatic heterocycles. The molecule has 0 aromatic carbocycles. The standard InChI is InChI=1S/C17H21F3O6.C17H21NO6.C17H24O6.C17H26O5/c1-4-15(2,3)13(22)24-7-10(21)25-11-8-5-9-12(11)26-14(23)16(9,6-8)17(18,19)20;1-4-16(2,3)14(20)22-7-11(19)23-12-9-5-10-13(12)24-15(21)17(10,6-9)8-18;1-4-17(2,3)16(20)21-8-12(18)22-13-9-5-6-10-11(7-9)15(19)23-14(10)13;1-4-17(2,3)16(19)21-7-5-6-20-13-10-8-11-12(9-10)15(18)22-14(11)13/h8-9,11-12H,4-7H2,1-3H3;9-10,12-13H,4-7H2,1-3H3;9-11,13-14H,4-8H2,1-3H3;10-14H,4-9H2,1-3H3. The molecule has 24 nitrogen and oxygen atoms in total. The molecule has 20 unspecified atom stereocenters. The van der Waals surface area contributed by atoms with Gasteiger partial charge in [0.05, 0.1) is 58.9 Å². The molecule has 95 heavy (non-hydrogen) atoms. The Kier molecular flexibility index (Phi) is 20.9. The number of rotatable bonds is 22. The van der Waals surface area contributed by atoms with E-state index in [2.05, 4.69) is 6.07 Å². The van der Waals surface area contributed by atoms with E-state index in [1.165, 1.54) is 0 Å². The highest BCUT2D eigenvalue weighted by atomic mass is 19.4. The van der Waals surface area contributed by atoms with Gasteiger partial charge >= 0.3 is 71.8 Å². The number of ether oxygens (including phenoxy) is 12. The van der Waals surface area contributed by atoms with Crippen LogP contribution in [-0.4, -0.2) is 154 Å².